The van der Waals surface area contributed by atoms with Crippen molar-refractivity contribution in [3.63, 3.8) is 0 Å². The Labute approximate surface area is 125 Å². The van der Waals surface area contributed by atoms with Gasteiger partial charge in [-0.1, -0.05) is 37.3 Å². The third-order valence-corrected chi connectivity index (χ3v) is 3.88. The Morgan fingerprint density at radius 2 is 1.76 bits per heavy atom. The molecule has 114 valence electrons. The molecule has 2 amide bonds. The maximum atomic E-state index is 11.9. The van der Waals surface area contributed by atoms with E-state index in [0.29, 0.717) is 32.6 Å². The van der Waals surface area contributed by atoms with Gasteiger partial charge in [-0.2, -0.15) is 0 Å². The predicted octanol–water partition coefficient (Wildman–Crippen LogP) is 1.16. The standard InChI is InChI=1S/C16H23N3O2/c1-2-6-14(20)18-9-11-19(12-10-18)15(16(17)21)13-7-4-3-5-8-13/h3-5,7-8,15H,2,6,9-12H2,1H3,(H2,17,21)/t15-/m0/s1. The number of rotatable bonds is 5. The van der Waals surface area contributed by atoms with E-state index in [1.807, 2.05) is 42.2 Å². The molecular weight excluding hydrogens is 266 g/mol. The van der Waals surface area contributed by atoms with E-state index in [2.05, 4.69) is 4.90 Å². The van der Waals surface area contributed by atoms with Crippen molar-refractivity contribution < 1.29 is 9.59 Å². The van der Waals surface area contributed by atoms with Gasteiger partial charge in [0.25, 0.3) is 0 Å². The number of nitrogens with two attached hydrogens (primary N) is 1. The quantitative estimate of drug-likeness (QED) is 0.884. The van der Waals surface area contributed by atoms with Crippen LogP contribution in [0.3, 0.4) is 0 Å². The number of nitrogens with zero attached hydrogens (tertiary/aromatic N) is 2. The molecule has 2 rings (SSSR count). The lowest BCUT2D eigenvalue weighted by Gasteiger charge is -2.38. The Kier molecular flexibility index (Phi) is 5.33. The Bertz CT molecular complexity index is 482. The number of piperazine rings is 1. The van der Waals surface area contributed by atoms with Crippen LogP contribution in [0.15, 0.2) is 30.3 Å². The lowest BCUT2D eigenvalue weighted by atomic mass is 10.0. The largest absolute Gasteiger partial charge is 0.368 e. The van der Waals surface area contributed by atoms with E-state index >= 15 is 0 Å². The molecule has 1 aromatic rings. The van der Waals surface area contributed by atoms with Gasteiger partial charge in [0.15, 0.2) is 0 Å². The van der Waals surface area contributed by atoms with E-state index in [-0.39, 0.29) is 11.8 Å². The number of hydrogen-bond donors (Lipinski definition) is 1. The van der Waals surface area contributed by atoms with Crippen LogP contribution in [0.25, 0.3) is 0 Å². The second-order valence-electron chi connectivity index (χ2n) is 5.38. The molecule has 1 heterocycles. The number of amides is 2. The zero-order valence-electron chi connectivity index (χ0n) is 12.5. The minimum atomic E-state index is -0.408. The number of primary amides is 1. The number of hydrogen-bond acceptors (Lipinski definition) is 3. The van der Waals surface area contributed by atoms with Gasteiger partial charge in [-0.3, -0.25) is 14.5 Å². The van der Waals surface area contributed by atoms with Crippen molar-refractivity contribution in [2.45, 2.75) is 25.8 Å². The molecule has 0 radical (unpaired) electrons. The molecule has 0 unspecified atom stereocenters. The first-order valence-electron chi connectivity index (χ1n) is 7.49. The van der Waals surface area contributed by atoms with Crippen molar-refractivity contribution >= 4 is 11.8 Å². The molecule has 5 nitrogen and oxygen atoms in total. The highest BCUT2D eigenvalue weighted by atomic mass is 16.2. The molecule has 1 aliphatic heterocycles. The van der Waals surface area contributed by atoms with Crippen molar-refractivity contribution in [2.24, 2.45) is 5.73 Å². The van der Waals surface area contributed by atoms with E-state index in [9.17, 15) is 9.59 Å². The lowest BCUT2D eigenvalue weighted by molar-refractivity contribution is -0.134. The lowest BCUT2D eigenvalue weighted by Crippen LogP contribution is -2.51. The smallest absolute Gasteiger partial charge is 0.239 e. The Morgan fingerprint density at radius 3 is 2.29 bits per heavy atom. The molecule has 21 heavy (non-hydrogen) atoms. The average Bonchev–Trinajstić information content (AvgIpc) is 2.49. The summed E-state index contributed by atoms with van der Waals surface area (Å²) in [4.78, 5) is 27.7. The van der Waals surface area contributed by atoms with Gasteiger partial charge in [-0.15, -0.1) is 0 Å². The topological polar surface area (TPSA) is 66.6 Å². The van der Waals surface area contributed by atoms with Crippen molar-refractivity contribution in [1.82, 2.24) is 9.80 Å². The second kappa shape index (κ2) is 7.22. The number of benzene rings is 1. The summed E-state index contributed by atoms with van der Waals surface area (Å²) >= 11 is 0. The maximum Gasteiger partial charge on any atom is 0.239 e. The van der Waals surface area contributed by atoms with Gasteiger partial charge in [-0.25, -0.2) is 0 Å². The fraction of sp³-hybridized carbons (Fsp3) is 0.500. The summed E-state index contributed by atoms with van der Waals surface area (Å²) in [7, 11) is 0. The monoisotopic (exact) mass is 289 g/mol. The van der Waals surface area contributed by atoms with Crippen molar-refractivity contribution in [3.05, 3.63) is 35.9 Å². The molecule has 1 atom stereocenters. The normalized spacial score (nSPS) is 17.5. The van der Waals surface area contributed by atoms with Gasteiger partial charge >= 0.3 is 0 Å². The van der Waals surface area contributed by atoms with Crippen LogP contribution in [0.5, 0.6) is 0 Å². The van der Waals surface area contributed by atoms with Crippen LogP contribution in [0, 0.1) is 0 Å². The predicted molar refractivity (Wildman–Crippen MR) is 81.4 cm³/mol. The van der Waals surface area contributed by atoms with E-state index in [0.717, 1.165) is 12.0 Å². The first-order valence-corrected chi connectivity index (χ1v) is 7.49. The highest BCUT2D eigenvalue weighted by Crippen LogP contribution is 2.22. The molecule has 1 fully saturated rings. The van der Waals surface area contributed by atoms with Crippen LogP contribution in [-0.2, 0) is 9.59 Å². The van der Waals surface area contributed by atoms with E-state index in [1.54, 1.807) is 0 Å². The molecular formula is C16H23N3O2. The molecule has 2 N–H and O–H groups in total. The third kappa shape index (κ3) is 3.82. The summed E-state index contributed by atoms with van der Waals surface area (Å²) in [5.74, 6) is -0.137. The van der Waals surface area contributed by atoms with Crippen molar-refractivity contribution in [2.75, 3.05) is 26.2 Å². The molecule has 0 bridgehead atoms. The Balaban J connectivity index is 2.02. The van der Waals surface area contributed by atoms with Gasteiger partial charge in [0, 0.05) is 32.6 Å². The SMILES string of the molecule is CCCC(=O)N1CCN([C@H](C(N)=O)c2ccccc2)CC1. The zero-order valence-corrected chi connectivity index (χ0v) is 12.5. The van der Waals surface area contributed by atoms with Gasteiger partial charge in [0.05, 0.1) is 0 Å². The van der Waals surface area contributed by atoms with Crippen LogP contribution < -0.4 is 5.73 Å². The van der Waals surface area contributed by atoms with Gasteiger partial charge < -0.3 is 10.6 Å². The number of carbonyl (C=O) groups excluding carboxylic acids is 2. The molecule has 1 saturated heterocycles. The average molecular weight is 289 g/mol. The first kappa shape index (κ1) is 15.5. The fourth-order valence-electron chi connectivity index (χ4n) is 2.79. The zero-order chi connectivity index (χ0) is 15.2. The molecule has 1 aliphatic rings. The minimum Gasteiger partial charge on any atom is -0.368 e. The fourth-order valence-corrected chi connectivity index (χ4v) is 2.79. The second-order valence-corrected chi connectivity index (χ2v) is 5.38. The number of carbonyl (C=O) groups is 2. The van der Waals surface area contributed by atoms with E-state index in [4.69, 9.17) is 5.73 Å². The highest BCUT2D eigenvalue weighted by molar-refractivity contribution is 5.81. The van der Waals surface area contributed by atoms with Gasteiger partial charge in [-0.05, 0) is 12.0 Å². The summed E-state index contributed by atoms with van der Waals surface area (Å²) in [5, 5.41) is 0. The minimum absolute atomic E-state index is 0.201. The summed E-state index contributed by atoms with van der Waals surface area (Å²) < 4.78 is 0. The molecule has 0 spiro atoms. The summed E-state index contributed by atoms with van der Waals surface area (Å²) in [6.07, 6.45) is 1.46. The molecule has 0 aromatic heterocycles. The third-order valence-electron chi connectivity index (χ3n) is 3.88. The van der Waals surface area contributed by atoms with Crippen LogP contribution in [0.1, 0.15) is 31.4 Å². The van der Waals surface area contributed by atoms with Crippen LogP contribution in [0.2, 0.25) is 0 Å². The van der Waals surface area contributed by atoms with Crippen LogP contribution >= 0.6 is 0 Å². The van der Waals surface area contributed by atoms with E-state index < -0.39 is 6.04 Å². The molecule has 1 aromatic carbocycles. The van der Waals surface area contributed by atoms with E-state index in [1.165, 1.54) is 0 Å². The highest BCUT2D eigenvalue weighted by Gasteiger charge is 2.29. The van der Waals surface area contributed by atoms with Crippen LogP contribution in [0.4, 0.5) is 0 Å². The van der Waals surface area contributed by atoms with Crippen LogP contribution in [-0.4, -0.2) is 47.8 Å². The maximum absolute atomic E-state index is 11.9. The summed E-state index contributed by atoms with van der Waals surface area (Å²) in [5.41, 5.74) is 6.50. The molecule has 5 heteroatoms. The summed E-state index contributed by atoms with van der Waals surface area (Å²) in [6.45, 7) is 4.69. The Hall–Kier alpha value is -1.88. The van der Waals surface area contributed by atoms with Gasteiger partial charge in [0.1, 0.15) is 6.04 Å². The van der Waals surface area contributed by atoms with Gasteiger partial charge in [0.2, 0.25) is 11.8 Å². The van der Waals surface area contributed by atoms with Crippen molar-refractivity contribution in [1.29, 1.82) is 0 Å². The molecule has 0 aliphatic carbocycles. The van der Waals surface area contributed by atoms with Crippen molar-refractivity contribution in [3.8, 4) is 0 Å². The first-order chi connectivity index (χ1) is 10.1. The Morgan fingerprint density at radius 1 is 1.14 bits per heavy atom. The summed E-state index contributed by atoms with van der Waals surface area (Å²) in [6, 6.07) is 9.17. The molecule has 0 saturated carbocycles.